The van der Waals surface area contributed by atoms with E-state index in [-0.39, 0.29) is 11.9 Å². The molecule has 1 saturated heterocycles. The second-order valence-corrected chi connectivity index (χ2v) is 9.46. The van der Waals surface area contributed by atoms with Crippen LogP contribution in [0.3, 0.4) is 0 Å². The Bertz CT molecular complexity index is 1010. The van der Waals surface area contributed by atoms with E-state index < -0.39 is 0 Å². The number of nitrogens with zero attached hydrogens (tertiary/aromatic N) is 1. The third-order valence-electron chi connectivity index (χ3n) is 5.50. The van der Waals surface area contributed by atoms with E-state index >= 15 is 0 Å². The number of ether oxygens (including phenoxy) is 2. The Labute approximate surface area is 185 Å². The summed E-state index contributed by atoms with van der Waals surface area (Å²) < 4.78 is 11.1. The first kappa shape index (κ1) is 21.1. The molecule has 158 valence electrons. The Morgan fingerprint density at radius 1 is 1.20 bits per heavy atom. The molecule has 0 unspecified atom stereocenters. The summed E-state index contributed by atoms with van der Waals surface area (Å²) in [5.41, 5.74) is 3.54. The quantitative estimate of drug-likeness (QED) is 0.576. The molecule has 0 aliphatic carbocycles. The summed E-state index contributed by atoms with van der Waals surface area (Å²) >= 11 is 3.10. The van der Waals surface area contributed by atoms with E-state index in [0.717, 1.165) is 35.0 Å². The Kier molecular flexibility index (Phi) is 6.53. The molecule has 3 heterocycles. The molecule has 7 heteroatoms. The van der Waals surface area contributed by atoms with Crippen LogP contribution in [-0.2, 0) is 4.74 Å². The van der Waals surface area contributed by atoms with Gasteiger partial charge in [0.1, 0.15) is 10.8 Å². The van der Waals surface area contributed by atoms with E-state index in [1.165, 1.54) is 21.8 Å². The second kappa shape index (κ2) is 9.31. The SMILES string of the molecule is COc1cccc([C@@H](c2c(NC(=O)c3cccs3)sc(C)c2C)N2CCOCC2)c1. The van der Waals surface area contributed by atoms with Crippen LogP contribution in [0.15, 0.2) is 41.8 Å². The van der Waals surface area contributed by atoms with Gasteiger partial charge in [0, 0.05) is 23.5 Å². The van der Waals surface area contributed by atoms with Crippen molar-refractivity contribution in [3.8, 4) is 5.75 Å². The Morgan fingerprint density at radius 2 is 2.00 bits per heavy atom. The lowest BCUT2D eigenvalue weighted by atomic mass is 9.94. The van der Waals surface area contributed by atoms with Crippen molar-refractivity contribution in [3.63, 3.8) is 0 Å². The number of amides is 1. The highest BCUT2D eigenvalue weighted by Gasteiger charge is 2.30. The number of morpholine rings is 1. The molecular formula is C23H26N2O3S2. The fourth-order valence-electron chi connectivity index (χ4n) is 3.85. The number of hydrogen-bond acceptors (Lipinski definition) is 6. The third-order valence-corrected chi connectivity index (χ3v) is 7.50. The number of benzene rings is 1. The number of methoxy groups -OCH3 is 1. The number of carbonyl (C=O) groups is 1. The number of anilines is 1. The maximum Gasteiger partial charge on any atom is 0.266 e. The monoisotopic (exact) mass is 442 g/mol. The summed E-state index contributed by atoms with van der Waals surface area (Å²) in [6.45, 7) is 7.37. The average molecular weight is 443 g/mol. The largest absolute Gasteiger partial charge is 0.497 e. The predicted octanol–water partition coefficient (Wildman–Crippen LogP) is 5.11. The van der Waals surface area contributed by atoms with Crippen molar-refractivity contribution in [2.75, 3.05) is 38.7 Å². The van der Waals surface area contributed by atoms with E-state index in [0.29, 0.717) is 18.1 Å². The number of nitrogens with one attached hydrogen (secondary N) is 1. The first-order valence-corrected chi connectivity index (χ1v) is 11.7. The molecule has 4 rings (SSSR count). The van der Waals surface area contributed by atoms with Crippen molar-refractivity contribution in [1.82, 2.24) is 4.90 Å². The number of rotatable bonds is 6. The molecule has 0 radical (unpaired) electrons. The van der Waals surface area contributed by atoms with E-state index in [1.54, 1.807) is 18.4 Å². The molecule has 0 saturated carbocycles. The van der Waals surface area contributed by atoms with Crippen LogP contribution in [0.1, 0.15) is 37.3 Å². The molecule has 2 aromatic heterocycles. The lowest BCUT2D eigenvalue weighted by molar-refractivity contribution is 0.0240. The van der Waals surface area contributed by atoms with Gasteiger partial charge >= 0.3 is 0 Å². The Morgan fingerprint density at radius 3 is 2.70 bits per heavy atom. The highest BCUT2D eigenvalue weighted by Crippen LogP contribution is 2.43. The van der Waals surface area contributed by atoms with E-state index in [9.17, 15) is 4.79 Å². The van der Waals surface area contributed by atoms with Crippen LogP contribution in [0, 0.1) is 13.8 Å². The van der Waals surface area contributed by atoms with Crippen molar-refractivity contribution in [3.05, 3.63) is 68.2 Å². The normalized spacial score (nSPS) is 15.7. The molecular weight excluding hydrogens is 416 g/mol. The van der Waals surface area contributed by atoms with Crippen LogP contribution in [0.5, 0.6) is 5.75 Å². The van der Waals surface area contributed by atoms with Crippen LogP contribution < -0.4 is 10.1 Å². The number of aryl methyl sites for hydroxylation is 1. The van der Waals surface area contributed by atoms with E-state index in [1.807, 2.05) is 29.6 Å². The van der Waals surface area contributed by atoms with Gasteiger partial charge in [0.2, 0.25) is 0 Å². The van der Waals surface area contributed by atoms with Crippen LogP contribution in [0.2, 0.25) is 0 Å². The minimum Gasteiger partial charge on any atom is -0.497 e. The first-order valence-electron chi connectivity index (χ1n) is 9.99. The minimum atomic E-state index is -0.0566. The highest BCUT2D eigenvalue weighted by atomic mass is 32.1. The lowest BCUT2D eigenvalue weighted by Crippen LogP contribution is -2.39. The summed E-state index contributed by atoms with van der Waals surface area (Å²) in [5.74, 6) is 0.776. The van der Waals surface area contributed by atoms with Gasteiger partial charge in [-0.3, -0.25) is 9.69 Å². The van der Waals surface area contributed by atoms with Gasteiger partial charge in [0.25, 0.3) is 5.91 Å². The van der Waals surface area contributed by atoms with E-state index in [2.05, 4.69) is 36.2 Å². The third kappa shape index (κ3) is 4.30. The van der Waals surface area contributed by atoms with Gasteiger partial charge in [0.15, 0.2) is 0 Å². The van der Waals surface area contributed by atoms with Crippen molar-refractivity contribution in [2.45, 2.75) is 19.9 Å². The van der Waals surface area contributed by atoms with Crippen molar-refractivity contribution in [1.29, 1.82) is 0 Å². The standard InChI is InChI=1S/C23H26N2O3S2/c1-15-16(2)30-23(24-22(26)19-8-5-13-29-19)20(15)21(25-9-11-28-12-10-25)17-6-4-7-18(14-17)27-3/h4-8,13-14,21H,9-12H2,1-3H3,(H,24,26)/t21-/m0/s1. The zero-order chi connectivity index (χ0) is 21.1. The molecule has 0 spiro atoms. The fraction of sp³-hybridized carbons (Fsp3) is 0.348. The summed E-state index contributed by atoms with van der Waals surface area (Å²) in [5, 5.41) is 6.04. The minimum absolute atomic E-state index is 0.0209. The molecule has 1 fully saturated rings. The average Bonchev–Trinajstić information content (AvgIpc) is 3.40. The number of hydrogen-bond donors (Lipinski definition) is 1. The van der Waals surface area contributed by atoms with Crippen LogP contribution in [-0.4, -0.2) is 44.2 Å². The maximum atomic E-state index is 12.8. The Balaban J connectivity index is 1.78. The van der Waals surface area contributed by atoms with Crippen LogP contribution in [0.4, 0.5) is 5.00 Å². The van der Waals surface area contributed by atoms with Gasteiger partial charge in [-0.15, -0.1) is 22.7 Å². The molecule has 1 aliphatic rings. The molecule has 3 aromatic rings. The van der Waals surface area contributed by atoms with Gasteiger partial charge < -0.3 is 14.8 Å². The van der Waals surface area contributed by atoms with Crippen LogP contribution in [0.25, 0.3) is 0 Å². The van der Waals surface area contributed by atoms with Gasteiger partial charge in [-0.2, -0.15) is 0 Å². The van der Waals surface area contributed by atoms with Gasteiger partial charge in [-0.05, 0) is 48.6 Å². The zero-order valence-electron chi connectivity index (χ0n) is 17.4. The summed E-state index contributed by atoms with van der Waals surface area (Å²) in [7, 11) is 1.69. The van der Waals surface area contributed by atoms with Crippen molar-refractivity contribution >= 4 is 33.6 Å². The summed E-state index contributed by atoms with van der Waals surface area (Å²) in [6.07, 6.45) is 0. The van der Waals surface area contributed by atoms with E-state index in [4.69, 9.17) is 9.47 Å². The topological polar surface area (TPSA) is 50.8 Å². The molecule has 1 aromatic carbocycles. The highest BCUT2D eigenvalue weighted by molar-refractivity contribution is 7.17. The molecule has 1 amide bonds. The molecule has 1 N–H and O–H groups in total. The summed E-state index contributed by atoms with van der Waals surface area (Å²) in [6, 6.07) is 12.0. The molecule has 30 heavy (non-hydrogen) atoms. The second-order valence-electron chi connectivity index (χ2n) is 7.28. The molecule has 5 nitrogen and oxygen atoms in total. The van der Waals surface area contributed by atoms with Gasteiger partial charge in [0.05, 0.1) is 31.2 Å². The summed E-state index contributed by atoms with van der Waals surface area (Å²) in [4.78, 5) is 17.2. The fourth-order valence-corrected chi connectivity index (χ4v) is 5.55. The maximum absolute atomic E-state index is 12.8. The number of carbonyl (C=O) groups excluding carboxylic acids is 1. The van der Waals surface area contributed by atoms with Gasteiger partial charge in [-0.25, -0.2) is 0 Å². The van der Waals surface area contributed by atoms with Gasteiger partial charge in [-0.1, -0.05) is 18.2 Å². The van der Waals surface area contributed by atoms with Crippen molar-refractivity contribution < 1.29 is 14.3 Å². The lowest BCUT2D eigenvalue weighted by Gasteiger charge is -2.35. The molecule has 0 bridgehead atoms. The van der Waals surface area contributed by atoms with Crippen molar-refractivity contribution in [2.24, 2.45) is 0 Å². The molecule has 1 aliphatic heterocycles. The Hall–Kier alpha value is -2.19. The predicted molar refractivity (Wildman–Crippen MR) is 123 cm³/mol. The zero-order valence-corrected chi connectivity index (χ0v) is 19.1. The van der Waals surface area contributed by atoms with Crippen LogP contribution >= 0.6 is 22.7 Å². The molecule has 1 atom stereocenters. The number of thiophene rings is 2. The first-order chi connectivity index (χ1) is 14.6. The smallest absolute Gasteiger partial charge is 0.266 e.